The molecule has 0 aromatic heterocycles. The number of benzene rings is 1. The van der Waals surface area contributed by atoms with Crippen LogP contribution in [0, 0.1) is 0 Å². The van der Waals surface area contributed by atoms with Crippen molar-refractivity contribution in [1.29, 1.82) is 0 Å². The lowest BCUT2D eigenvalue weighted by Gasteiger charge is -2.21. The molecular weight excluding hydrogens is 234 g/mol. The Kier molecular flexibility index (Phi) is 7.11. The Hall–Kier alpha value is -0.860. The van der Waals surface area contributed by atoms with Crippen LogP contribution in [0.25, 0.3) is 0 Å². The van der Waals surface area contributed by atoms with Crippen molar-refractivity contribution in [2.24, 2.45) is 0 Å². The Morgan fingerprint density at radius 2 is 1.74 bits per heavy atom. The van der Waals surface area contributed by atoms with Crippen LogP contribution in [0.5, 0.6) is 0 Å². The van der Waals surface area contributed by atoms with Gasteiger partial charge in [0.25, 0.3) is 0 Å². The van der Waals surface area contributed by atoms with E-state index >= 15 is 0 Å². The van der Waals surface area contributed by atoms with Gasteiger partial charge in [-0.05, 0) is 43.4 Å². The number of hydrogen-bond donors (Lipinski definition) is 1. The van der Waals surface area contributed by atoms with Gasteiger partial charge in [-0.25, -0.2) is 0 Å². The van der Waals surface area contributed by atoms with Gasteiger partial charge >= 0.3 is 0 Å². The van der Waals surface area contributed by atoms with Crippen LogP contribution in [-0.4, -0.2) is 25.8 Å². The summed E-state index contributed by atoms with van der Waals surface area (Å²) in [5.41, 5.74) is 2.81. The van der Waals surface area contributed by atoms with E-state index in [2.05, 4.69) is 57.3 Å². The van der Waals surface area contributed by atoms with Gasteiger partial charge in [0.05, 0.1) is 6.10 Å². The van der Waals surface area contributed by atoms with Crippen molar-refractivity contribution in [2.45, 2.75) is 58.6 Å². The molecule has 0 spiro atoms. The van der Waals surface area contributed by atoms with E-state index in [1.165, 1.54) is 11.1 Å². The van der Waals surface area contributed by atoms with Crippen molar-refractivity contribution in [3.8, 4) is 0 Å². The first-order chi connectivity index (χ1) is 9.06. The van der Waals surface area contributed by atoms with Gasteiger partial charge in [-0.15, -0.1) is 0 Å². The standard InChI is InChI=1S/C17H29NO/c1-6-18-17(11-14(4)19-5)12-15-7-9-16(10-8-15)13(2)3/h7-10,13-14,17-18H,6,11-12H2,1-5H3. The molecule has 108 valence electrons. The molecule has 2 heteroatoms. The lowest BCUT2D eigenvalue weighted by molar-refractivity contribution is 0.101. The normalized spacial score (nSPS) is 14.6. The van der Waals surface area contributed by atoms with Gasteiger partial charge in [-0.1, -0.05) is 45.0 Å². The molecule has 1 aromatic carbocycles. The molecule has 0 amide bonds. The molecule has 1 aromatic rings. The minimum Gasteiger partial charge on any atom is -0.382 e. The molecule has 19 heavy (non-hydrogen) atoms. The zero-order valence-corrected chi connectivity index (χ0v) is 13.1. The summed E-state index contributed by atoms with van der Waals surface area (Å²) in [5, 5.41) is 3.55. The molecule has 0 aliphatic rings. The first-order valence-electron chi connectivity index (χ1n) is 7.41. The summed E-state index contributed by atoms with van der Waals surface area (Å²) in [6.45, 7) is 9.76. The van der Waals surface area contributed by atoms with Crippen molar-refractivity contribution < 1.29 is 4.74 Å². The van der Waals surface area contributed by atoms with Crippen molar-refractivity contribution in [1.82, 2.24) is 5.32 Å². The van der Waals surface area contributed by atoms with Crippen molar-refractivity contribution in [3.63, 3.8) is 0 Å². The highest BCUT2D eigenvalue weighted by molar-refractivity contribution is 5.25. The summed E-state index contributed by atoms with van der Waals surface area (Å²) in [6, 6.07) is 9.52. The third-order valence-corrected chi connectivity index (χ3v) is 3.64. The summed E-state index contributed by atoms with van der Waals surface area (Å²) >= 11 is 0. The topological polar surface area (TPSA) is 21.3 Å². The third kappa shape index (κ3) is 5.75. The monoisotopic (exact) mass is 263 g/mol. The molecule has 0 saturated carbocycles. The Bertz CT molecular complexity index is 345. The van der Waals surface area contributed by atoms with Crippen LogP contribution in [0.15, 0.2) is 24.3 Å². The Morgan fingerprint density at radius 3 is 2.21 bits per heavy atom. The third-order valence-electron chi connectivity index (χ3n) is 3.64. The molecule has 0 fully saturated rings. The Balaban J connectivity index is 2.62. The fraction of sp³-hybridized carbons (Fsp3) is 0.647. The van der Waals surface area contributed by atoms with E-state index in [-0.39, 0.29) is 0 Å². The number of nitrogens with one attached hydrogen (secondary N) is 1. The zero-order valence-electron chi connectivity index (χ0n) is 13.1. The van der Waals surface area contributed by atoms with Gasteiger partial charge < -0.3 is 10.1 Å². The van der Waals surface area contributed by atoms with Crippen LogP contribution in [0.1, 0.15) is 51.2 Å². The molecule has 1 N–H and O–H groups in total. The van der Waals surface area contributed by atoms with Gasteiger partial charge in [-0.3, -0.25) is 0 Å². The molecule has 2 nitrogen and oxygen atoms in total. The number of ether oxygens (including phenoxy) is 1. The molecule has 0 saturated heterocycles. The largest absolute Gasteiger partial charge is 0.382 e. The van der Waals surface area contributed by atoms with Gasteiger partial charge in [0.1, 0.15) is 0 Å². The summed E-state index contributed by atoms with van der Waals surface area (Å²) in [4.78, 5) is 0. The molecule has 2 unspecified atom stereocenters. The molecule has 0 aliphatic carbocycles. The molecule has 1 rings (SSSR count). The molecule has 2 atom stereocenters. The number of rotatable bonds is 8. The van der Waals surface area contributed by atoms with Gasteiger partial charge in [0, 0.05) is 13.2 Å². The minimum atomic E-state index is 0.305. The highest BCUT2D eigenvalue weighted by atomic mass is 16.5. The van der Waals surface area contributed by atoms with Crippen LogP contribution in [0.4, 0.5) is 0 Å². The Labute approximate surface area is 118 Å². The van der Waals surface area contributed by atoms with Gasteiger partial charge in [0.15, 0.2) is 0 Å². The van der Waals surface area contributed by atoms with E-state index in [9.17, 15) is 0 Å². The molecule has 0 heterocycles. The fourth-order valence-electron chi connectivity index (χ4n) is 2.35. The minimum absolute atomic E-state index is 0.305. The second-order valence-electron chi connectivity index (χ2n) is 5.64. The van der Waals surface area contributed by atoms with Gasteiger partial charge in [-0.2, -0.15) is 0 Å². The molecule has 0 aliphatic heterocycles. The predicted octanol–water partition coefficient (Wildman–Crippen LogP) is 3.76. The maximum Gasteiger partial charge on any atom is 0.0558 e. The zero-order chi connectivity index (χ0) is 14.3. The quantitative estimate of drug-likeness (QED) is 0.771. The second kappa shape index (κ2) is 8.34. The maximum atomic E-state index is 5.38. The van der Waals surface area contributed by atoms with E-state index in [0.29, 0.717) is 18.1 Å². The van der Waals surface area contributed by atoms with E-state index in [4.69, 9.17) is 4.74 Å². The first kappa shape index (κ1) is 16.2. The van der Waals surface area contributed by atoms with Crippen LogP contribution < -0.4 is 5.32 Å². The smallest absolute Gasteiger partial charge is 0.0558 e. The molecular formula is C17H29NO. The van der Waals surface area contributed by atoms with Crippen LogP contribution >= 0.6 is 0 Å². The van der Waals surface area contributed by atoms with E-state index in [1.54, 1.807) is 7.11 Å². The highest BCUT2D eigenvalue weighted by Crippen LogP contribution is 2.16. The summed E-state index contributed by atoms with van der Waals surface area (Å²) in [6.07, 6.45) is 2.43. The summed E-state index contributed by atoms with van der Waals surface area (Å²) in [5.74, 6) is 0.604. The fourth-order valence-corrected chi connectivity index (χ4v) is 2.35. The highest BCUT2D eigenvalue weighted by Gasteiger charge is 2.12. The number of methoxy groups -OCH3 is 1. The van der Waals surface area contributed by atoms with Gasteiger partial charge in [0.2, 0.25) is 0 Å². The maximum absolute atomic E-state index is 5.38. The van der Waals surface area contributed by atoms with Crippen LogP contribution in [-0.2, 0) is 11.2 Å². The second-order valence-corrected chi connectivity index (χ2v) is 5.64. The van der Waals surface area contributed by atoms with Crippen molar-refractivity contribution in [3.05, 3.63) is 35.4 Å². The average molecular weight is 263 g/mol. The van der Waals surface area contributed by atoms with Crippen LogP contribution in [0.3, 0.4) is 0 Å². The van der Waals surface area contributed by atoms with E-state index in [0.717, 1.165) is 19.4 Å². The summed E-state index contributed by atoms with van der Waals surface area (Å²) < 4.78 is 5.38. The van der Waals surface area contributed by atoms with Crippen molar-refractivity contribution in [2.75, 3.05) is 13.7 Å². The van der Waals surface area contributed by atoms with Crippen molar-refractivity contribution >= 4 is 0 Å². The van der Waals surface area contributed by atoms with E-state index in [1.807, 2.05) is 0 Å². The lowest BCUT2D eigenvalue weighted by atomic mass is 9.97. The summed E-state index contributed by atoms with van der Waals surface area (Å²) in [7, 11) is 1.78. The number of hydrogen-bond acceptors (Lipinski definition) is 2. The predicted molar refractivity (Wildman–Crippen MR) is 82.8 cm³/mol. The number of likely N-dealkylation sites (N-methyl/N-ethyl adjacent to an activating group) is 1. The SMILES string of the molecule is CCNC(Cc1ccc(C(C)C)cc1)CC(C)OC. The van der Waals surface area contributed by atoms with Crippen LogP contribution in [0.2, 0.25) is 0 Å². The lowest BCUT2D eigenvalue weighted by Crippen LogP contribution is -2.34. The molecule has 0 radical (unpaired) electrons. The molecule has 0 bridgehead atoms. The van der Waals surface area contributed by atoms with E-state index < -0.39 is 0 Å². The Morgan fingerprint density at radius 1 is 1.11 bits per heavy atom. The average Bonchev–Trinajstić information content (AvgIpc) is 2.39. The first-order valence-corrected chi connectivity index (χ1v) is 7.41.